The fourth-order valence-corrected chi connectivity index (χ4v) is 2.25. The highest BCUT2D eigenvalue weighted by atomic mass is 19.1. The molecule has 2 rings (SSSR count). The average molecular weight is 250 g/mol. The van der Waals surface area contributed by atoms with Crippen molar-refractivity contribution < 1.29 is 9.18 Å². The van der Waals surface area contributed by atoms with Gasteiger partial charge < -0.3 is 10.6 Å². The molecule has 0 aliphatic carbocycles. The zero-order valence-electron chi connectivity index (χ0n) is 10.6. The lowest BCUT2D eigenvalue weighted by Gasteiger charge is -2.24. The van der Waals surface area contributed by atoms with E-state index in [1.807, 2.05) is 6.92 Å². The molecule has 1 aromatic rings. The van der Waals surface area contributed by atoms with Gasteiger partial charge in [-0.3, -0.25) is 4.79 Å². The van der Waals surface area contributed by atoms with Crippen molar-refractivity contribution >= 4 is 5.91 Å². The number of carbonyl (C=O) groups is 1. The Labute approximate surface area is 107 Å². The standard InChI is InChI=1S/C14H19FN2O/c1-10(11-2-4-13(15)5-3-11)17-14(18)12-6-8-16-9-7-12/h2-5,10,12,16H,6-9H2,1H3,(H,17,18)/t10-/m0/s1. The molecule has 0 bridgehead atoms. The van der Waals surface area contributed by atoms with Crippen molar-refractivity contribution in [2.45, 2.75) is 25.8 Å². The summed E-state index contributed by atoms with van der Waals surface area (Å²) in [6.07, 6.45) is 1.78. The van der Waals surface area contributed by atoms with E-state index < -0.39 is 0 Å². The van der Waals surface area contributed by atoms with Gasteiger partial charge >= 0.3 is 0 Å². The van der Waals surface area contributed by atoms with E-state index >= 15 is 0 Å². The second-order valence-corrected chi connectivity index (χ2v) is 4.81. The van der Waals surface area contributed by atoms with Gasteiger partial charge in [0.1, 0.15) is 5.82 Å². The Kier molecular flexibility index (Phi) is 4.31. The van der Waals surface area contributed by atoms with Crippen molar-refractivity contribution in [2.75, 3.05) is 13.1 Å². The topological polar surface area (TPSA) is 41.1 Å². The van der Waals surface area contributed by atoms with Gasteiger partial charge in [0.15, 0.2) is 0 Å². The van der Waals surface area contributed by atoms with E-state index in [1.165, 1.54) is 12.1 Å². The van der Waals surface area contributed by atoms with Crippen molar-refractivity contribution in [1.29, 1.82) is 0 Å². The molecule has 1 aliphatic rings. The summed E-state index contributed by atoms with van der Waals surface area (Å²) >= 11 is 0. The van der Waals surface area contributed by atoms with E-state index in [-0.39, 0.29) is 23.7 Å². The highest BCUT2D eigenvalue weighted by Crippen LogP contribution is 2.16. The first-order valence-electron chi connectivity index (χ1n) is 6.43. The Hall–Kier alpha value is -1.42. The normalized spacial score (nSPS) is 18.3. The van der Waals surface area contributed by atoms with E-state index in [1.54, 1.807) is 12.1 Å². The quantitative estimate of drug-likeness (QED) is 0.861. The third-order valence-corrected chi connectivity index (χ3v) is 3.44. The number of nitrogens with one attached hydrogen (secondary N) is 2. The Morgan fingerprint density at radius 2 is 1.94 bits per heavy atom. The third-order valence-electron chi connectivity index (χ3n) is 3.44. The van der Waals surface area contributed by atoms with Gasteiger partial charge in [0.05, 0.1) is 6.04 Å². The first-order chi connectivity index (χ1) is 8.66. The molecular weight excluding hydrogens is 231 g/mol. The number of rotatable bonds is 3. The molecular formula is C14H19FN2O. The molecule has 0 unspecified atom stereocenters. The molecule has 1 fully saturated rings. The largest absolute Gasteiger partial charge is 0.349 e. The Morgan fingerprint density at radius 1 is 1.33 bits per heavy atom. The molecule has 1 atom stereocenters. The maximum absolute atomic E-state index is 12.8. The van der Waals surface area contributed by atoms with E-state index in [9.17, 15) is 9.18 Å². The minimum Gasteiger partial charge on any atom is -0.349 e. The smallest absolute Gasteiger partial charge is 0.223 e. The van der Waals surface area contributed by atoms with Gasteiger partial charge in [-0.25, -0.2) is 4.39 Å². The first kappa shape index (κ1) is 13.0. The maximum Gasteiger partial charge on any atom is 0.223 e. The van der Waals surface area contributed by atoms with Crippen LogP contribution in [-0.4, -0.2) is 19.0 Å². The summed E-state index contributed by atoms with van der Waals surface area (Å²) in [6, 6.07) is 6.18. The molecule has 4 heteroatoms. The zero-order chi connectivity index (χ0) is 13.0. The Bertz CT molecular complexity index is 399. The van der Waals surface area contributed by atoms with Crippen LogP contribution in [0.15, 0.2) is 24.3 Å². The third kappa shape index (κ3) is 3.29. The molecule has 0 saturated carbocycles. The molecule has 1 amide bonds. The summed E-state index contributed by atoms with van der Waals surface area (Å²) < 4.78 is 12.8. The molecule has 3 nitrogen and oxygen atoms in total. The lowest BCUT2D eigenvalue weighted by atomic mass is 9.96. The summed E-state index contributed by atoms with van der Waals surface area (Å²) in [5.41, 5.74) is 0.929. The first-order valence-corrected chi connectivity index (χ1v) is 6.43. The molecule has 1 saturated heterocycles. The Morgan fingerprint density at radius 3 is 2.56 bits per heavy atom. The van der Waals surface area contributed by atoms with Gasteiger partial charge in [-0.15, -0.1) is 0 Å². The molecule has 1 aromatic carbocycles. The number of hydrogen-bond donors (Lipinski definition) is 2. The fraction of sp³-hybridized carbons (Fsp3) is 0.500. The van der Waals surface area contributed by atoms with Crippen molar-refractivity contribution in [2.24, 2.45) is 5.92 Å². The van der Waals surface area contributed by atoms with Gasteiger partial charge in [-0.1, -0.05) is 12.1 Å². The SMILES string of the molecule is C[C@H](NC(=O)C1CCNCC1)c1ccc(F)cc1. The monoisotopic (exact) mass is 250 g/mol. The molecule has 2 N–H and O–H groups in total. The summed E-state index contributed by atoms with van der Waals surface area (Å²) in [7, 11) is 0. The average Bonchev–Trinajstić information content (AvgIpc) is 2.40. The van der Waals surface area contributed by atoms with Gasteiger partial charge in [0, 0.05) is 5.92 Å². The van der Waals surface area contributed by atoms with Crippen LogP contribution < -0.4 is 10.6 Å². The maximum atomic E-state index is 12.8. The highest BCUT2D eigenvalue weighted by Gasteiger charge is 2.22. The molecule has 0 spiro atoms. The second-order valence-electron chi connectivity index (χ2n) is 4.81. The summed E-state index contributed by atoms with van der Waals surface area (Å²) in [6.45, 7) is 3.73. The Balaban J connectivity index is 1.91. The fourth-order valence-electron chi connectivity index (χ4n) is 2.25. The van der Waals surface area contributed by atoms with Crippen molar-refractivity contribution in [1.82, 2.24) is 10.6 Å². The van der Waals surface area contributed by atoms with Crippen LogP contribution in [-0.2, 0) is 4.79 Å². The minimum absolute atomic E-state index is 0.0759. The van der Waals surface area contributed by atoms with Crippen molar-refractivity contribution in [3.8, 4) is 0 Å². The van der Waals surface area contributed by atoms with Gasteiger partial charge in [-0.2, -0.15) is 0 Å². The van der Waals surface area contributed by atoms with Crippen LogP contribution in [0.3, 0.4) is 0 Å². The van der Waals surface area contributed by atoms with Gasteiger partial charge in [-0.05, 0) is 50.6 Å². The number of hydrogen-bond acceptors (Lipinski definition) is 2. The highest BCUT2D eigenvalue weighted by molar-refractivity contribution is 5.79. The number of halogens is 1. The zero-order valence-corrected chi connectivity index (χ0v) is 10.6. The summed E-state index contributed by atoms with van der Waals surface area (Å²) in [5.74, 6) is -0.0434. The van der Waals surface area contributed by atoms with Crippen LogP contribution in [0.4, 0.5) is 4.39 Å². The van der Waals surface area contributed by atoms with Crippen LogP contribution in [0.5, 0.6) is 0 Å². The molecule has 0 aromatic heterocycles. The van der Waals surface area contributed by atoms with Crippen LogP contribution >= 0.6 is 0 Å². The predicted octanol–water partition coefficient (Wildman–Crippen LogP) is 2.00. The van der Waals surface area contributed by atoms with E-state index in [4.69, 9.17) is 0 Å². The summed E-state index contributed by atoms with van der Waals surface area (Å²) in [5, 5.41) is 6.24. The number of benzene rings is 1. The molecule has 18 heavy (non-hydrogen) atoms. The van der Waals surface area contributed by atoms with E-state index in [0.717, 1.165) is 31.5 Å². The van der Waals surface area contributed by atoms with Crippen LogP contribution in [0.1, 0.15) is 31.4 Å². The molecule has 98 valence electrons. The van der Waals surface area contributed by atoms with Gasteiger partial charge in [0.2, 0.25) is 5.91 Å². The number of carbonyl (C=O) groups excluding carboxylic acids is 1. The number of amides is 1. The minimum atomic E-state index is -0.254. The van der Waals surface area contributed by atoms with E-state index in [0.29, 0.717) is 0 Å². The summed E-state index contributed by atoms with van der Waals surface area (Å²) in [4.78, 5) is 12.0. The predicted molar refractivity (Wildman–Crippen MR) is 68.6 cm³/mol. The molecule has 1 aliphatic heterocycles. The van der Waals surface area contributed by atoms with Crippen molar-refractivity contribution in [3.63, 3.8) is 0 Å². The van der Waals surface area contributed by atoms with Crippen LogP contribution in [0, 0.1) is 11.7 Å². The van der Waals surface area contributed by atoms with Crippen molar-refractivity contribution in [3.05, 3.63) is 35.6 Å². The lowest BCUT2D eigenvalue weighted by molar-refractivity contribution is -0.126. The van der Waals surface area contributed by atoms with Crippen LogP contribution in [0.2, 0.25) is 0 Å². The van der Waals surface area contributed by atoms with Crippen LogP contribution in [0.25, 0.3) is 0 Å². The lowest BCUT2D eigenvalue weighted by Crippen LogP contribution is -2.39. The second kappa shape index (κ2) is 5.96. The van der Waals surface area contributed by atoms with Gasteiger partial charge in [0.25, 0.3) is 0 Å². The molecule has 1 heterocycles. The molecule has 0 radical (unpaired) electrons. The number of piperidine rings is 1. The van der Waals surface area contributed by atoms with E-state index in [2.05, 4.69) is 10.6 Å².